The van der Waals surface area contributed by atoms with Crippen molar-refractivity contribution < 1.29 is 13.9 Å². The van der Waals surface area contributed by atoms with E-state index in [0.717, 1.165) is 22.3 Å². The number of carbonyl (C=O) groups excluding carboxylic acids is 1. The molecule has 0 unspecified atom stereocenters. The zero-order valence-electron chi connectivity index (χ0n) is 13.3. The smallest absolute Gasteiger partial charge is 0.313 e. The molecule has 124 valence electrons. The van der Waals surface area contributed by atoms with Gasteiger partial charge in [-0.1, -0.05) is 12.1 Å². The molecule has 0 spiro atoms. The number of rotatable bonds is 4. The molecule has 2 heterocycles. The molecule has 0 atom stereocenters. The number of methoxy groups -OCH3 is 1. The summed E-state index contributed by atoms with van der Waals surface area (Å²) >= 11 is 0. The zero-order valence-corrected chi connectivity index (χ0v) is 13.3. The van der Waals surface area contributed by atoms with Crippen molar-refractivity contribution in [1.82, 2.24) is 15.0 Å². The average Bonchev–Trinajstić information content (AvgIpc) is 3.28. The van der Waals surface area contributed by atoms with Gasteiger partial charge in [-0.3, -0.25) is 10.1 Å². The molecule has 0 saturated carbocycles. The van der Waals surface area contributed by atoms with Crippen LogP contribution in [0.2, 0.25) is 0 Å². The number of nitrogens with one attached hydrogen (secondary N) is 2. The maximum atomic E-state index is 12.3. The van der Waals surface area contributed by atoms with Gasteiger partial charge in [-0.15, -0.1) is 0 Å². The Bertz CT molecular complexity index is 1000. The lowest BCUT2D eigenvalue weighted by Gasteiger charge is -2.00. The van der Waals surface area contributed by atoms with E-state index in [1.807, 2.05) is 48.5 Å². The highest BCUT2D eigenvalue weighted by Gasteiger charge is 2.16. The molecule has 25 heavy (non-hydrogen) atoms. The number of amides is 1. The zero-order chi connectivity index (χ0) is 17.2. The molecule has 0 saturated heterocycles. The van der Waals surface area contributed by atoms with Gasteiger partial charge in [0, 0.05) is 5.56 Å². The lowest BCUT2D eigenvalue weighted by Crippen LogP contribution is -2.13. The Labute approximate surface area is 142 Å². The summed E-state index contributed by atoms with van der Waals surface area (Å²) in [6.07, 6.45) is 1.51. The van der Waals surface area contributed by atoms with Crippen molar-refractivity contribution in [1.29, 1.82) is 0 Å². The predicted octanol–water partition coefficient (Wildman–Crippen LogP) is 3.48. The largest absolute Gasteiger partial charge is 0.497 e. The number of para-hydroxylation sites is 2. The molecular formula is C18H14N4O3. The second-order valence-electron chi connectivity index (χ2n) is 5.31. The number of ether oxygens (including phenoxy) is 1. The first kappa shape index (κ1) is 14.9. The quantitative estimate of drug-likeness (QED) is 0.596. The molecule has 0 aliphatic carbocycles. The van der Waals surface area contributed by atoms with Crippen molar-refractivity contribution in [2.24, 2.45) is 0 Å². The van der Waals surface area contributed by atoms with E-state index in [4.69, 9.17) is 9.15 Å². The molecule has 2 N–H and O–H groups in total. The van der Waals surface area contributed by atoms with Crippen molar-refractivity contribution in [2.45, 2.75) is 0 Å². The summed E-state index contributed by atoms with van der Waals surface area (Å²) < 4.78 is 10.7. The van der Waals surface area contributed by atoms with Crippen LogP contribution in [0.4, 0.5) is 5.95 Å². The van der Waals surface area contributed by atoms with Gasteiger partial charge in [-0.2, -0.15) is 0 Å². The Morgan fingerprint density at radius 2 is 1.96 bits per heavy atom. The predicted molar refractivity (Wildman–Crippen MR) is 92.5 cm³/mol. The molecular weight excluding hydrogens is 320 g/mol. The molecule has 4 rings (SSSR count). The van der Waals surface area contributed by atoms with Gasteiger partial charge < -0.3 is 14.1 Å². The van der Waals surface area contributed by atoms with Gasteiger partial charge >= 0.3 is 5.91 Å². The molecule has 2 aromatic carbocycles. The first-order valence-electron chi connectivity index (χ1n) is 7.59. The number of aromatic amines is 1. The summed E-state index contributed by atoms with van der Waals surface area (Å²) in [7, 11) is 1.60. The number of oxazole rings is 1. The lowest BCUT2D eigenvalue weighted by molar-refractivity contribution is 0.0990. The molecule has 0 radical (unpaired) electrons. The van der Waals surface area contributed by atoms with E-state index >= 15 is 0 Å². The first-order valence-corrected chi connectivity index (χ1v) is 7.59. The number of benzene rings is 2. The third-order valence-electron chi connectivity index (χ3n) is 3.70. The Balaban J connectivity index is 1.53. The third kappa shape index (κ3) is 2.94. The summed E-state index contributed by atoms with van der Waals surface area (Å²) in [4.78, 5) is 23.6. The van der Waals surface area contributed by atoms with Crippen molar-refractivity contribution in [3.8, 4) is 17.1 Å². The van der Waals surface area contributed by atoms with Crippen molar-refractivity contribution in [3.63, 3.8) is 0 Å². The fraction of sp³-hybridized carbons (Fsp3) is 0.0556. The van der Waals surface area contributed by atoms with Gasteiger partial charge in [0.2, 0.25) is 5.95 Å². The first-order chi connectivity index (χ1) is 12.2. The van der Waals surface area contributed by atoms with Crippen LogP contribution in [-0.4, -0.2) is 28.0 Å². The minimum atomic E-state index is -0.473. The van der Waals surface area contributed by atoms with Gasteiger partial charge in [-0.05, 0) is 36.4 Å². The van der Waals surface area contributed by atoms with Gasteiger partial charge in [0.05, 0.1) is 24.3 Å². The molecule has 0 bridgehead atoms. The summed E-state index contributed by atoms with van der Waals surface area (Å²) in [5.41, 5.74) is 2.41. The molecule has 0 aliphatic rings. The van der Waals surface area contributed by atoms with Crippen LogP contribution in [0.5, 0.6) is 5.75 Å². The molecule has 4 aromatic rings. The van der Waals surface area contributed by atoms with Crippen LogP contribution in [0, 0.1) is 0 Å². The number of imidazole rings is 1. The Kier molecular flexibility index (Phi) is 3.66. The van der Waals surface area contributed by atoms with E-state index < -0.39 is 5.91 Å². The van der Waals surface area contributed by atoms with E-state index in [2.05, 4.69) is 20.3 Å². The summed E-state index contributed by atoms with van der Waals surface area (Å²) in [5.74, 6) is 1.07. The van der Waals surface area contributed by atoms with Crippen LogP contribution in [-0.2, 0) is 0 Å². The number of nitrogens with zero attached hydrogens (tertiary/aromatic N) is 2. The Hall–Kier alpha value is -3.61. The maximum absolute atomic E-state index is 12.3. The minimum Gasteiger partial charge on any atom is -0.497 e. The number of anilines is 1. The average molecular weight is 334 g/mol. The molecule has 0 fully saturated rings. The molecule has 7 heteroatoms. The number of fused-ring (bicyclic) bond motifs is 1. The molecule has 2 aromatic heterocycles. The van der Waals surface area contributed by atoms with E-state index in [0.29, 0.717) is 11.7 Å². The molecule has 1 amide bonds. The second-order valence-corrected chi connectivity index (χ2v) is 5.31. The van der Waals surface area contributed by atoms with Crippen LogP contribution in [0.15, 0.2) is 59.1 Å². The van der Waals surface area contributed by atoms with Crippen LogP contribution in [0.25, 0.3) is 22.4 Å². The van der Waals surface area contributed by atoms with E-state index in [9.17, 15) is 4.79 Å². The Morgan fingerprint density at radius 3 is 2.72 bits per heavy atom. The number of hydrogen-bond acceptors (Lipinski definition) is 5. The van der Waals surface area contributed by atoms with Gasteiger partial charge in [0.25, 0.3) is 5.89 Å². The number of carbonyl (C=O) groups is 1. The molecule has 0 aliphatic heterocycles. The van der Waals surface area contributed by atoms with E-state index in [1.54, 1.807) is 7.11 Å². The Morgan fingerprint density at radius 1 is 1.16 bits per heavy atom. The number of aromatic nitrogens is 3. The van der Waals surface area contributed by atoms with Gasteiger partial charge in [0.1, 0.15) is 5.75 Å². The minimum absolute atomic E-state index is 0.0359. The monoisotopic (exact) mass is 334 g/mol. The standard InChI is InChI=1S/C18H14N4O3/c1-24-12-8-6-11(7-9-12)15-10-19-17(25-15)16(23)22-18-20-13-4-2-3-5-14(13)21-18/h2-10H,1H3,(H2,20,21,22,23). The highest BCUT2D eigenvalue weighted by Crippen LogP contribution is 2.23. The topological polar surface area (TPSA) is 93.0 Å². The highest BCUT2D eigenvalue weighted by atomic mass is 16.5. The SMILES string of the molecule is COc1ccc(-c2cnc(C(=O)Nc3nc4ccccc4[nH]3)o2)cc1. The van der Waals surface area contributed by atoms with Crippen LogP contribution in [0.1, 0.15) is 10.7 Å². The van der Waals surface area contributed by atoms with Crippen LogP contribution >= 0.6 is 0 Å². The summed E-state index contributed by atoms with van der Waals surface area (Å²) in [5, 5.41) is 2.65. The highest BCUT2D eigenvalue weighted by molar-refractivity contribution is 6.00. The maximum Gasteiger partial charge on any atom is 0.313 e. The summed E-state index contributed by atoms with van der Waals surface area (Å²) in [6, 6.07) is 14.8. The van der Waals surface area contributed by atoms with Crippen molar-refractivity contribution >= 4 is 22.9 Å². The summed E-state index contributed by atoms with van der Waals surface area (Å²) in [6.45, 7) is 0. The lowest BCUT2D eigenvalue weighted by atomic mass is 10.2. The fourth-order valence-corrected chi connectivity index (χ4v) is 2.44. The van der Waals surface area contributed by atoms with Crippen molar-refractivity contribution in [2.75, 3.05) is 12.4 Å². The fourth-order valence-electron chi connectivity index (χ4n) is 2.44. The number of hydrogen-bond donors (Lipinski definition) is 2. The number of H-pyrrole nitrogens is 1. The van der Waals surface area contributed by atoms with E-state index in [-0.39, 0.29) is 5.89 Å². The normalized spacial score (nSPS) is 10.8. The van der Waals surface area contributed by atoms with Crippen LogP contribution < -0.4 is 10.1 Å². The second kappa shape index (κ2) is 6.12. The third-order valence-corrected chi connectivity index (χ3v) is 3.70. The molecule has 7 nitrogen and oxygen atoms in total. The van der Waals surface area contributed by atoms with Gasteiger partial charge in [-0.25, -0.2) is 9.97 Å². The van der Waals surface area contributed by atoms with Crippen molar-refractivity contribution in [3.05, 3.63) is 60.6 Å². The van der Waals surface area contributed by atoms with Gasteiger partial charge in [0.15, 0.2) is 5.76 Å². The van der Waals surface area contributed by atoms with Crippen LogP contribution in [0.3, 0.4) is 0 Å². The van der Waals surface area contributed by atoms with E-state index in [1.165, 1.54) is 6.20 Å².